The zero-order valence-electron chi connectivity index (χ0n) is 20.6. The topological polar surface area (TPSA) is 76.4 Å². The lowest BCUT2D eigenvalue weighted by Gasteiger charge is -2.39. The fourth-order valence-electron chi connectivity index (χ4n) is 6.75. The van der Waals surface area contributed by atoms with Crippen LogP contribution in [0, 0.1) is 18.8 Å². The van der Waals surface area contributed by atoms with E-state index in [2.05, 4.69) is 50.6 Å². The molecule has 1 aromatic carbocycles. The molecule has 4 atom stereocenters. The highest BCUT2D eigenvalue weighted by Gasteiger charge is 2.46. The van der Waals surface area contributed by atoms with Gasteiger partial charge in [-0.05, 0) is 56.6 Å². The average molecular weight is 475 g/mol. The third kappa shape index (κ3) is 4.29. The van der Waals surface area contributed by atoms with Gasteiger partial charge in [-0.3, -0.25) is 14.7 Å². The van der Waals surface area contributed by atoms with Crippen LogP contribution in [0.3, 0.4) is 0 Å². The summed E-state index contributed by atoms with van der Waals surface area (Å²) < 4.78 is 8.94. The van der Waals surface area contributed by atoms with Crippen LogP contribution in [-0.2, 0) is 4.79 Å². The molecule has 0 N–H and O–H groups in total. The van der Waals surface area contributed by atoms with Crippen molar-refractivity contribution < 1.29 is 9.53 Å². The van der Waals surface area contributed by atoms with Crippen LogP contribution in [0.4, 0.5) is 0 Å². The lowest BCUT2D eigenvalue weighted by Crippen LogP contribution is -2.45. The molecule has 35 heavy (non-hydrogen) atoms. The smallest absolute Gasteiger partial charge is 0.232 e. The molecule has 0 unspecified atom stereocenters. The minimum atomic E-state index is 0.0174. The van der Waals surface area contributed by atoms with Crippen LogP contribution in [0.5, 0.6) is 5.88 Å². The van der Waals surface area contributed by atoms with Crippen molar-refractivity contribution in [1.82, 2.24) is 29.3 Å². The van der Waals surface area contributed by atoms with E-state index in [1.165, 1.54) is 5.52 Å². The Hall–Kier alpha value is -3.00. The first-order valence-electron chi connectivity index (χ1n) is 12.9. The van der Waals surface area contributed by atoms with Crippen molar-refractivity contribution in [2.75, 3.05) is 26.2 Å². The van der Waals surface area contributed by atoms with Crippen molar-refractivity contribution in [3.05, 3.63) is 48.7 Å². The van der Waals surface area contributed by atoms with Crippen LogP contribution in [0.25, 0.3) is 11.0 Å². The minimum absolute atomic E-state index is 0.0174. The Bertz CT molecular complexity index is 1190. The summed E-state index contributed by atoms with van der Waals surface area (Å²) in [5.74, 6) is 3.07. The molecule has 2 aliphatic heterocycles. The second-order valence-corrected chi connectivity index (χ2v) is 10.5. The summed E-state index contributed by atoms with van der Waals surface area (Å²) in [6, 6.07) is 9.18. The number of amides is 1. The number of aromatic nitrogens is 4. The first kappa shape index (κ1) is 22.5. The number of carbonyl (C=O) groups excluding carboxylic acids is 1. The van der Waals surface area contributed by atoms with Crippen LogP contribution in [0.2, 0.25) is 0 Å². The van der Waals surface area contributed by atoms with Crippen molar-refractivity contribution in [2.24, 2.45) is 11.8 Å². The maximum Gasteiger partial charge on any atom is 0.232 e. The SMILES string of the molecule is CC(=O)N1CCC(N2C[C@H]3C[C@H](Oc4cnccn4)[C@@H](n4c(C)nc5ccccc54)C[C@H]3C2)CC1. The van der Waals surface area contributed by atoms with Crippen molar-refractivity contribution in [3.63, 3.8) is 0 Å². The number of nitrogens with zero attached hydrogens (tertiary/aromatic N) is 6. The highest BCUT2D eigenvalue weighted by molar-refractivity contribution is 5.76. The van der Waals surface area contributed by atoms with Crippen LogP contribution in [-0.4, -0.2) is 73.6 Å². The zero-order chi connectivity index (χ0) is 23.9. The number of rotatable bonds is 4. The number of hydrogen-bond donors (Lipinski definition) is 0. The Morgan fingerprint density at radius 1 is 1.06 bits per heavy atom. The van der Waals surface area contributed by atoms with E-state index in [4.69, 9.17) is 9.72 Å². The maximum absolute atomic E-state index is 11.8. The van der Waals surface area contributed by atoms with E-state index in [0.29, 0.717) is 23.8 Å². The van der Waals surface area contributed by atoms with Crippen molar-refractivity contribution in [1.29, 1.82) is 0 Å². The zero-order valence-corrected chi connectivity index (χ0v) is 20.6. The molecule has 1 aliphatic carbocycles. The highest BCUT2D eigenvalue weighted by atomic mass is 16.5. The second kappa shape index (κ2) is 9.22. The van der Waals surface area contributed by atoms with Gasteiger partial charge in [-0.2, -0.15) is 0 Å². The molecule has 0 radical (unpaired) electrons. The van der Waals surface area contributed by atoms with Crippen molar-refractivity contribution in [3.8, 4) is 5.88 Å². The molecule has 0 bridgehead atoms. The Morgan fingerprint density at radius 2 is 1.83 bits per heavy atom. The lowest BCUT2D eigenvalue weighted by atomic mass is 9.77. The normalized spacial score (nSPS) is 27.8. The third-order valence-electron chi connectivity index (χ3n) is 8.45. The van der Waals surface area contributed by atoms with Gasteiger partial charge >= 0.3 is 0 Å². The minimum Gasteiger partial charge on any atom is -0.471 e. The molecule has 8 heteroatoms. The molecule has 2 aromatic heterocycles. The van der Waals surface area contributed by atoms with Gasteiger partial charge in [-0.1, -0.05) is 12.1 Å². The fourth-order valence-corrected chi connectivity index (χ4v) is 6.75. The summed E-state index contributed by atoms with van der Waals surface area (Å²) in [4.78, 5) is 30.0. The summed E-state index contributed by atoms with van der Waals surface area (Å²) in [7, 11) is 0. The number of piperidine rings is 1. The molecule has 1 amide bonds. The van der Waals surface area contributed by atoms with Gasteiger partial charge in [-0.15, -0.1) is 0 Å². The molecule has 4 heterocycles. The molecular weight excluding hydrogens is 440 g/mol. The standard InChI is InChI=1S/C27H34N6O2/c1-18-30-23-5-3-4-6-24(23)33(18)25-13-20-16-32(22-7-11-31(12-8-22)19(2)34)17-21(20)14-26(25)35-27-15-28-9-10-29-27/h3-6,9-10,15,20-22,25-26H,7-8,11-14,16-17H2,1-2H3/t20-,21+,25-,26-/m0/s1. The number of ether oxygens (including phenoxy) is 1. The molecule has 0 spiro atoms. The Kier molecular flexibility index (Phi) is 5.92. The maximum atomic E-state index is 11.8. The molecular formula is C27H34N6O2. The molecule has 1 saturated carbocycles. The van der Waals surface area contributed by atoms with E-state index in [1.54, 1.807) is 25.5 Å². The van der Waals surface area contributed by atoms with Crippen LogP contribution >= 0.6 is 0 Å². The van der Waals surface area contributed by atoms with E-state index in [1.807, 2.05) is 4.90 Å². The summed E-state index contributed by atoms with van der Waals surface area (Å²) in [6.45, 7) is 7.81. The van der Waals surface area contributed by atoms with Crippen LogP contribution < -0.4 is 4.74 Å². The Labute approximate surface area is 206 Å². The van der Waals surface area contributed by atoms with Crippen LogP contribution in [0.15, 0.2) is 42.9 Å². The Balaban J connectivity index is 1.26. The number of hydrogen-bond acceptors (Lipinski definition) is 6. The van der Waals surface area contributed by atoms with Gasteiger partial charge < -0.3 is 14.2 Å². The van der Waals surface area contributed by atoms with Gasteiger partial charge in [0.25, 0.3) is 0 Å². The van der Waals surface area contributed by atoms with E-state index < -0.39 is 0 Å². The fraction of sp³-hybridized carbons (Fsp3) is 0.556. The van der Waals surface area contributed by atoms with E-state index in [9.17, 15) is 4.79 Å². The van der Waals surface area contributed by atoms with Crippen molar-refractivity contribution >= 4 is 16.9 Å². The van der Waals surface area contributed by atoms with Crippen LogP contribution in [0.1, 0.15) is 44.5 Å². The highest BCUT2D eigenvalue weighted by Crippen LogP contribution is 2.45. The first-order chi connectivity index (χ1) is 17.1. The third-order valence-corrected chi connectivity index (χ3v) is 8.45. The quantitative estimate of drug-likeness (QED) is 0.576. The first-order valence-corrected chi connectivity index (χ1v) is 12.9. The van der Waals surface area contributed by atoms with Gasteiger partial charge in [-0.25, -0.2) is 9.97 Å². The summed E-state index contributed by atoms with van der Waals surface area (Å²) >= 11 is 0. The molecule has 3 fully saturated rings. The average Bonchev–Trinajstić information content (AvgIpc) is 3.44. The molecule has 184 valence electrons. The van der Waals surface area contributed by atoms with Gasteiger partial charge in [0.15, 0.2) is 0 Å². The summed E-state index contributed by atoms with van der Waals surface area (Å²) in [6.07, 6.45) is 9.33. The molecule has 2 saturated heterocycles. The molecule has 3 aliphatic rings. The van der Waals surface area contributed by atoms with Gasteiger partial charge in [0.1, 0.15) is 11.9 Å². The number of imidazole rings is 1. The van der Waals surface area contributed by atoms with E-state index in [-0.39, 0.29) is 18.1 Å². The summed E-state index contributed by atoms with van der Waals surface area (Å²) in [5, 5.41) is 0. The predicted octanol–water partition coefficient (Wildman–Crippen LogP) is 3.48. The second-order valence-electron chi connectivity index (χ2n) is 10.5. The largest absolute Gasteiger partial charge is 0.471 e. The number of aryl methyl sites for hydroxylation is 1. The van der Waals surface area contributed by atoms with Crippen molar-refractivity contribution in [2.45, 2.75) is 57.7 Å². The number of fused-ring (bicyclic) bond motifs is 2. The van der Waals surface area contributed by atoms with Gasteiger partial charge in [0.2, 0.25) is 11.8 Å². The predicted molar refractivity (Wildman–Crippen MR) is 133 cm³/mol. The molecule has 6 rings (SSSR count). The van der Waals surface area contributed by atoms with Gasteiger partial charge in [0, 0.05) is 51.5 Å². The number of likely N-dealkylation sites (tertiary alicyclic amines) is 2. The van der Waals surface area contributed by atoms with E-state index >= 15 is 0 Å². The molecule has 8 nitrogen and oxygen atoms in total. The summed E-state index contributed by atoms with van der Waals surface area (Å²) in [5.41, 5.74) is 2.21. The number of carbonyl (C=O) groups is 1. The number of benzene rings is 1. The van der Waals surface area contributed by atoms with E-state index in [0.717, 1.165) is 63.2 Å². The molecule has 3 aromatic rings. The monoisotopic (exact) mass is 474 g/mol. The Morgan fingerprint density at radius 3 is 2.57 bits per heavy atom. The lowest BCUT2D eigenvalue weighted by molar-refractivity contribution is -0.130. The number of para-hydroxylation sites is 2. The van der Waals surface area contributed by atoms with Gasteiger partial charge in [0.05, 0.1) is 23.3 Å².